The summed E-state index contributed by atoms with van der Waals surface area (Å²) in [5, 5.41) is 3.00. The van der Waals surface area contributed by atoms with E-state index in [1.165, 1.54) is 0 Å². The first-order chi connectivity index (χ1) is 12.2. The van der Waals surface area contributed by atoms with Crippen molar-refractivity contribution in [3.8, 4) is 0 Å². The molecule has 3 N–H and O–H groups in total. The van der Waals surface area contributed by atoms with Crippen LogP contribution in [0.3, 0.4) is 0 Å². The summed E-state index contributed by atoms with van der Waals surface area (Å²) in [5.74, 6) is 2.66. The molecule has 1 saturated carbocycles. The Morgan fingerprint density at radius 3 is 2.56 bits per heavy atom. The molecule has 2 fully saturated rings. The summed E-state index contributed by atoms with van der Waals surface area (Å²) < 4.78 is 0. The second-order valence-electron chi connectivity index (χ2n) is 6.89. The fourth-order valence-electron chi connectivity index (χ4n) is 3.70. The number of amides is 2. The molecular formula is C19H27N3O2S. The molecule has 136 valence electrons. The van der Waals surface area contributed by atoms with E-state index >= 15 is 0 Å². The number of anilines is 1. The van der Waals surface area contributed by atoms with E-state index in [2.05, 4.69) is 5.32 Å². The second-order valence-corrected chi connectivity index (χ2v) is 8.11. The van der Waals surface area contributed by atoms with Gasteiger partial charge in [-0.25, -0.2) is 0 Å². The van der Waals surface area contributed by atoms with Gasteiger partial charge < -0.3 is 16.0 Å². The third-order valence-corrected chi connectivity index (χ3v) is 6.18. The molecule has 0 aromatic heterocycles. The van der Waals surface area contributed by atoms with Crippen LogP contribution in [0.25, 0.3) is 0 Å². The zero-order valence-corrected chi connectivity index (χ0v) is 15.4. The van der Waals surface area contributed by atoms with Crippen molar-refractivity contribution in [2.24, 2.45) is 17.6 Å². The number of hydrogen-bond donors (Lipinski definition) is 2. The minimum absolute atomic E-state index is 0.0308. The van der Waals surface area contributed by atoms with Gasteiger partial charge in [-0.1, -0.05) is 18.6 Å². The van der Waals surface area contributed by atoms with Crippen molar-refractivity contribution in [2.75, 3.05) is 36.5 Å². The van der Waals surface area contributed by atoms with Gasteiger partial charge in [-0.2, -0.15) is 11.8 Å². The van der Waals surface area contributed by atoms with Gasteiger partial charge in [0.2, 0.25) is 11.8 Å². The summed E-state index contributed by atoms with van der Waals surface area (Å²) in [7, 11) is 0. The first-order valence-corrected chi connectivity index (χ1v) is 10.3. The van der Waals surface area contributed by atoms with Crippen LogP contribution in [-0.4, -0.2) is 47.9 Å². The summed E-state index contributed by atoms with van der Waals surface area (Å²) in [6, 6.07) is 7.64. The predicted octanol–water partition coefficient (Wildman–Crippen LogP) is 2.12. The lowest BCUT2D eigenvalue weighted by Gasteiger charge is -2.26. The SMILES string of the molecule is NC[C@H]1CCC[C@H]1C(=O)Nc1ccc(CC(=O)N2CCSCC2)cc1. The van der Waals surface area contributed by atoms with E-state index in [1.54, 1.807) is 0 Å². The molecule has 1 aromatic carbocycles. The number of benzene rings is 1. The van der Waals surface area contributed by atoms with Gasteiger partial charge in [0.05, 0.1) is 6.42 Å². The van der Waals surface area contributed by atoms with E-state index in [9.17, 15) is 9.59 Å². The Morgan fingerprint density at radius 2 is 1.88 bits per heavy atom. The van der Waals surface area contributed by atoms with Crippen molar-refractivity contribution in [3.63, 3.8) is 0 Å². The van der Waals surface area contributed by atoms with E-state index in [0.29, 0.717) is 18.9 Å². The van der Waals surface area contributed by atoms with Gasteiger partial charge in [-0.15, -0.1) is 0 Å². The fraction of sp³-hybridized carbons (Fsp3) is 0.579. The van der Waals surface area contributed by atoms with Gasteiger partial charge >= 0.3 is 0 Å². The van der Waals surface area contributed by atoms with Crippen molar-refractivity contribution < 1.29 is 9.59 Å². The summed E-state index contributed by atoms with van der Waals surface area (Å²) in [4.78, 5) is 26.7. The van der Waals surface area contributed by atoms with E-state index in [4.69, 9.17) is 5.73 Å². The maximum atomic E-state index is 12.4. The molecule has 3 rings (SSSR count). The van der Waals surface area contributed by atoms with Crippen molar-refractivity contribution in [2.45, 2.75) is 25.7 Å². The lowest BCUT2D eigenvalue weighted by molar-refractivity contribution is -0.130. The zero-order valence-electron chi connectivity index (χ0n) is 14.6. The lowest BCUT2D eigenvalue weighted by atomic mass is 9.95. The lowest BCUT2D eigenvalue weighted by Crippen LogP contribution is -2.38. The number of nitrogens with zero attached hydrogens (tertiary/aromatic N) is 1. The summed E-state index contributed by atoms with van der Waals surface area (Å²) >= 11 is 1.90. The number of carbonyl (C=O) groups excluding carboxylic acids is 2. The number of rotatable bonds is 5. The molecule has 5 nitrogen and oxygen atoms in total. The Hall–Kier alpha value is -1.53. The van der Waals surface area contributed by atoms with Crippen molar-refractivity contribution in [1.29, 1.82) is 0 Å². The van der Waals surface area contributed by atoms with Gasteiger partial charge in [-0.3, -0.25) is 9.59 Å². The maximum absolute atomic E-state index is 12.4. The van der Waals surface area contributed by atoms with Gasteiger partial charge in [0, 0.05) is 36.2 Å². The van der Waals surface area contributed by atoms with Gasteiger partial charge in [0.25, 0.3) is 0 Å². The number of hydrogen-bond acceptors (Lipinski definition) is 4. The van der Waals surface area contributed by atoms with Crippen LogP contribution in [0.15, 0.2) is 24.3 Å². The van der Waals surface area contributed by atoms with Gasteiger partial charge in [0.15, 0.2) is 0 Å². The Morgan fingerprint density at radius 1 is 1.16 bits per heavy atom. The van der Waals surface area contributed by atoms with Crippen LogP contribution in [0.1, 0.15) is 24.8 Å². The minimum atomic E-state index is 0.0308. The highest BCUT2D eigenvalue weighted by molar-refractivity contribution is 7.99. The standard InChI is InChI=1S/C19H27N3O2S/c20-13-15-2-1-3-17(15)19(24)21-16-6-4-14(5-7-16)12-18(23)22-8-10-25-11-9-22/h4-7,15,17H,1-3,8-13,20H2,(H,21,24)/t15-,17-/m1/s1. The number of nitrogens with one attached hydrogen (secondary N) is 1. The average molecular weight is 362 g/mol. The van der Waals surface area contributed by atoms with Crippen molar-refractivity contribution in [1.82, 2.24) is 4.90 Å². The highest BCUT2D eigenvalue weighted by Gasteiger charge is 2.31. The molecule has 25 heavy (non-hydrogen) atoms. The topological polar surface area (TPSA) is 75.4 Å². The molecule has 0 bridgehead atoms. The molecule has 0 spiro atoms. The third-order valence-electron chi connectivity index (χ3n) is 5.24. The van der Waals surface area contributed by atoms with Crippen molar-refractivity contribution >= 4 is 29.3 Å². The van der Waals surface area contributed by atoms with E-state index in [-0.39, 0.29) is 17.7 Å². The number of carbonyl (C=O) groups is 2. The molecule has 6 heteroatoms. The molecule has 1 aliphatic carbocycles. The molecule has 1 aliphatic heterocycles. The first kappa shape index (κ1) is 18.3. The van der Waals surface area contributed by atoms with Crippen LogP contribution >= 0.6 is 11.8 Å². The van der Waals surface area contributed by atoms with Crippen LogP contribution in [0, 0.1) is 11.8 Å². The number of thioether (sulfide) groups is 1. The highest BCUT2D eigenvalue weighted by atomic mass is 32.2. The highest BCUT2D eigenvalue weighted by Crippen LogP contribution is 2.31. The summed E-state index contributed by atoms with van der Waals surface area (Å²) in [6.45, 7) is 2.27. The van der Waals surface area contributed by atoms with E-state index in [0.717, 1.165) is 55.1 Å². The molecule has 2 amide bonds. The largest absolute Gasteiger partial charge is 0.341 e. The normalized spacial score (nSPS) is 23.5. The maximum Gasteiger partial charge on any atom is 0.227 e. The van der Waals surface area contributed by atoms with E-state index < -0.39 is 0 Å². The molecule has 0 radical (unpaired) electrons. The smallest absolute Gasteiger partial charge is 0.227 e. The van der Waals surface area contributed by atoms with Crippen LogP contribution in [0.2, 0.25) is 0 Å². The molecule has 1 saturated heterocycles. The molecule has 0 unspecified atom stereocenters. The Labute approximate surface area is 153 Å². The van der Waals surface area contributed by atoms with Crippen LogP contribution < -0.4 is 11.1 Å². The molecular weight excluding hydrogens is 334 g/mol. The average Bonchev–Trinajstić information content (AvgIpc) is 3.13. The van der Waals surface area contributed by atoms with Crippen LogP contribution in [0.5, 0.6) is 0 Å². The molecule has 1 aromatic rings. The first-order valence-electron chi connectivity index (χ1n) is 9.13. The zero-order chi connectivity index (χ0) is 17.6. The predicted molar refractivity (Wildman–Crippen MR) is 103 cm³/mol. The summed E-state index contributed by atoms with van der Waals surface area (Å²) in [6.07, 6.45) is 3.48. The van der Waals surface area contributed by atoms with Crippen LogP contribution in [0.4, 0.5) is 5.69 Å². The molecule has 2 aliphatic rings. The van der Waals surface area contributed by atoms with Crippen LogP contribution in [-0.2, 0) is 16.0 Å². The fourth-order valence-corrected chi connectivity index (χ4v) is 4.61. The van der Waals surface area contributed by atoms with Gasteiger partial charge in [-0.05, 0) is 43.0 Å². The second kappa shape index (κ2) is 8.72. The Kier molecular flexibility index (Phi) is 6.37. The monoisotopic (exact) mass is 361 g/mol. The van der Waals surface area contributed by atoms with Crippen molar-refractivity contribution in [3.05, 3.63) is 29.8 Å². The molecule has 1 heterocycles. The summed E-state index contributed by atoms with van der Waals surface area (Å²) in [5.41, 5.74) is 7.54. The Bertz CT molecular complexity index is 599. The van der Waals surface area contributed by atoms with Gasteiger partial charge in [0.1, 0.15) is 0 Å². The third kappa shape index (κ3) is 4.76. The minimum Gasteiger partial charge on any atom is -0.341 e. The molecule has 2 atom stereocenters. The number of nitrogens with two attached hydrogens (primary N) is 1. The Balaban J connectivity index is 1.53. The van der Waals surface area contributed by atoms with E-state index in [1.807, 2.05) is 40.9 Å². The quantitative estimate of drug-likeness (QED) is 0.842.